The average molecular weight is 395 g/mol. The highest BCUT2D eigenvalue weighted by atomic mass is 79.9. The fourth-order valence-electron chi connectivity index (χ4n) is 2.05. The number of nitrogens with one attached hydrogen (secondary N) is 2. The third-order valence-electron chi connectivity index (χ3n) is 3.41. The summed E-state index contributed by atoms with van der Waals surface area (Å²) in [7, 11) is -3.69. The van der Waals surface area contributed by atoms with Crippen LogP contribution < -0.4 is 10.0 Å². The molecule has 0 saturated heterocycles. The molecule has 1 saturated carbocycles. The number of rotatable bonds is 5. The largest absolute Gasteiger partial charge is 0.349 e. The molecule has 0 radical (unpaired) electrons. The first-order chi connectivity index (χ1) is 10.9. The van der Waals surface area contributed by atoms with Crippen molar-refractivity contribution in [2.24, 2.45) is 0 Å². The van der Waals surface area contributed by atoms with E-state index in [0.29, 0.717) is 11.3 Å². The SMILES string of the molecule is O=C(NC1CC1)c1cccc(NS(=O)(=O)c2ccc(Br)cc2)c1. The number of halogens is 1. The molecular weight excluding hydrogens is 380 g/mol. The van der Waals surface area contributed by atoms with Gasteiger partial charge in [0.1, 0.15) is 0 Å². The molecule has 0 spiro atoms. The molecule has 2 aromatic carbocycles. The summed E-state index contributed by atoms with van der Waals surface area (Å²) >= 11 is 3.27. The molecule has 2 aromatic rings. The summed E-state index contributed by atoms with van der Waals surface area (Å²) in [6.45, 7) is 0. The van der Waals surface area contributed by atoms with Crippen molar-refractivity contribution in [3.05, 3.63) is 58.6 Å². The molecular formula is C16H15BrN2O3S. The topological polar surface area (TPSA) is 75.3 Å². The Morgan fingerprint density at radius 3 is 2.43 bits per heavy atom. The summed E-state index contributed by atoms with van der Waals surface area (Å²) in [6.07, 6.45) is 2.00. The van der Waals surface area contributed by atoms with E-state index in [1.807, 2.05) is 0 Å². The normalized spacial score (nSPS) is 14.3. The van der Waals surface area contributed by atoms with Crippen molar-refractivity contribution < 1.29 is 13.2 Å². The summed E-state index contributed by atoms with van der Waals surface area (Å²) in [5, 5.41) is 2.88. The summed E-state index contributed by atoms with van der Waals surface area (Å²) in [5.74, 6) is -0.183. The Bertz CT molecular complexity index is 831. The van der Waals surface area contributed by atoms with Gasteiger partial charge in [-0.25, -0.2) is 8.42 Å². The lowest BCUT2D eigenvalue weighted by molar-refractivity contribution is 0.0951. The van der Waals surface area contributed by atoms with E-state index in [-0.39, 0.29) is 16.8 Å². The van der Waals surface area contributed by atoms with Crippen LogP contribution in [0.15, 0.2) is 57.9 Å². The smallest absolute Gasteiger partial charge is 0.261 e. The van der Waals surface area contributed by atoms with Crippen molar-refractivity contribution in [1.29, 1.82) is 0 Å². The highest BCUT2D eigenvalue weighted by Gasteiger charge is 2.24. The maximum atomic E-state index is 12.4. The van der Waals surface area contributed by atoms with Crippen LogP contribution in [0.2, 0.25) is 0 Å². The van der Waals surface area contributed by atoms with Crippen LogP contribution in [0, 0.1) is 0 Å². The van der Waals surface area contributed by atoms with E-state index in [4.69, 9.17) is 0 Å². The van der Waals surface area contributed by atoms with Crippen molar-refractivity contribution in [2.45, 2.75) is 23.8 Å². The molecule has 0 atom stereocenters. The molecule has 1 aliphatic rings. The molecule has 0 heterocycles. The Kier molecular flexibility index (Phi) is 4.41. The number of hydrogen-bond donors (Lipinski definition) is 2. The van der Waals surface area contributed by atoms with Crippen LogP contribution >= 0.6 is 15.9 Å². The second kappa shape index (κ2) is 6.33. The second-order valence-corrected chi connectivity index (χ2v) is 7.99. The van der Waals surface area contributed by atoms with Crippen LogP contribution in [0.3, 0.4) is 0 Å². The second-order valence-electron chi connectivity index (χ2n) is 5.39. The molecule has 5 nitrogen and oxygen atoms in total. The van der Waals surface area contributed by atoms with Crippen LogP contribution in [-0.4, -0.2) is 20.4 Å². The van der Waals surface area contributed by atoms with Crippen LogP contribution in [-0.2, 0) is 10.0 Å². The minimum atomic E-state index is -3.69. The van der Waals surface area contributed by atoms with E-state index in [0.717, 1.165) is 17.3 Å². The maximum Gasteiger partial charge on any atom is 0.261 e. The summed E-state index contributed by atoms with van der Waals surface area (Å²) in [5.41, 5.74) is 0.796. The van der Waals surface area contributed by atoms with E-state index < -0.39 is 10.0 Å². The van der Waals surface area contributed by atoms with Gasteiger partial charge in [0, 0.05) is 21.8 Å². The van der Waals surface area contributed by atoms with E-state index in [1.54, 1.807) is 30.3 Å². The van der Waals surface area contributed by atoms with Gasteiger partial charge in [-0.15, -0.1) is 0 Å². The molecule has 0 aliphatic heterocycles. The molecule has 7 heteroatoms. The number of hydrogen-bond acceptors (Lipinski definition) is 3. The molecule has 0 unspecified atom stereocenters. The van der Waals surface area contributed by atoms with Gasteiger partial charge >= 0.3 is 0 Å². The van der Waals surface area contributed by atoms with E-state index >= 15 is 0 Å². The van der Waals surface area contributed by atoms with Crippen molar-refractivity contribution in [1.82, 2.24) is 5.32 Å². The van der Waals surface area contributed by atoms with Crippen LogP contribution in [0.5, 0.6) is 0 Å². The van der Waals surface area contributed by atoms with Crippen LogP contribution in [0.25, 0.3) is 0 Å². The first-order valence-corrected chi connectivity index (χ1v) is 9.41. The van der Waals surface area contributed by atoms with E-state index in [2.05, 4.69) is 26.0 Å². The van der Waals surface area contributed by atoms with E-state index in [1.165, 1.54) is 18.2 Å². The number of anilines is 1. The first-order valence-electron chi connectivity index (χ1n) is 7.13. The summed E-state index contributed by atoms with van der Waals surface area (Å²) < 4.78 is 28.0. The Morgan fingerprint density at radius 1 is 1.09 bits per heavy atom. The van der Waals surface area contributed by atoms with Gasteiger partial charge in [-0.05, 0) is 55.3 Å². The molecule has 120 valence electrons. The molecule has 1 amide bonds. The van der Waals surface area contributed by atoms with Gasteiger partial charge in [-0.3, -0.25) is 9.52 Å². The minimum absolute atomic E-state index is 0.161. The highest BCUT2D eigenvalue weighted by Crippen LogP contribution is 2.21. The number of carbonyl (C=O) groups excluding carboxylic acids is 1. The highest BCUT2D eigenvalue weighted by molar-refractivity contribution is 9.10. The summed E-state index contributed by atoms with van der Waals surface area (Å²) in [4.78, 5) is 12.2. The maximum absolute atomic E-state index is 12.4. The fourth-order valence-corrected chi connectivity index (χ4v) is 3.36. The Morgan fingerprint density at radius 2 is 1.78 bits per heavy atom. The molecule has 0 bridgehead atoms. The van der Waals surface area contributed by atoms with Crippen molar-refractivity contribution in [3.8, 4) is 0 Å². The monoisotopic (exact) mass is 394 g/mol. The zero-order chi connectivity index (χ0) is 16.4. The van der Waals surface area contributed by atoms with Gasteiger partial charge in [-0.2, -0.15) is 0 Å². The van der Waals surface area contributed by atoms with Gasteiger partial charge in [0.2, 0.25) is 0 Å². The predicted octanol–water partition coefficient (Wildman–Crippen LogP) is 3.14. The van der Waals surface area contributed by atoms with Crippen LogP contribution in [0.4, 0.5) is 5.69 Å². The number of benzene rings is 2. The summed E-state index contributed by atoms with van der Waals surface area (Å²) in [6, 6.07) is 13.1. The lowest BCUT2D eigenvalue weighted by Gasteiger charge is -2.10. The van der Waals surface area contributed by atoms with E-state index in [9.17, 15) is 13.2 Å². The molecule has 3 rings (SSSR count). The van der Waals surface area contributed by atoms with Gasteiger partial charge in [0.25, 0.3) is 15.9 Å². The molecule has 23 heavy (non-hydrogen) atoms. The third-order valence-corrected chi connectivity index (χ3v) is 5.34. The zero-order valence-corrected chi connectivity index (χ0v) is 14.5. The Hall–Kier alpha value is -1.86. The minimum Gasteiger partial charge on any atom is -0.349 e. The van der Waals surface area contributed by atoms with Gasteiger partial charge in [0.05, 0.1) is 4.90 Å². The number of amides is 1. The van der Waals surface area contributed by atoms with Gasteiger partial charge in [0.15, 0.2) is 0 Å². The molecule has 1 aliphatic carbocycles. The molecule has 2 N–H and O–H groups in total. The first kappa shape index (κ1) is 16.0. The third kappa shape index (κ3) is 4.11. The molecule has 1 fully saturated rings. The lowest BCUT2D eigenvalue weighted by atomic mass is 10.2. The quantitative estimate of drug-likeness (QED) is 0.817. The zero-order valence-electron chi connectivity index (χ0n) is 12.1. The van der Waals surface area contributed by atoms with Crippen molar-refractivity contribution in [3.63, 3.8) is 0 Å². The average Bonchev–Trinajstić information content (AvgIpc) is 3.31. The Balaban J connectivity index is 1.79. The number of carbonyl (C=O) groups is 1. The Labute approximate surface area is 143 Å². The molecule has 0 aromatic heterocycles. The standard InChI is InChI=1S/C16H15BrN2O3S/c17-12-4-8-15(9-5-12)23(21,22)19-14-3-1-2-11(10-14)16(20)18-13-6-7-13/h1-5,8-10,13,19H,6-7H2,(H,18,20). The van der Waals surface area contributed by atoms with Crippen molar-refractivity contribution in [2.75, 3.05) is 4.72 Å². The van der Waals surface area contributed by atoms with Gasteiger partial charge < -0.3 is 5.32 Å². The predicted molar refractivity (Wildman–Crippen MR) is 91.9 cm³/mol. The lowest BCUT2D eigenvalue weighted by Crippen LogP contribution is -2.25. The van der Waals surface area contributed by atoms with Crippen molar-refractivity contribution >= 4 is 37.5 Å². The van der Waals surface area contributed by atoms with Crippen LogP contribution in [0.1, 0.15) is 23.2 Å². The van der Waals surface area contributed by atoms with Gasteiger partial charge in [-0.1, -0.05) is 22.0 Å². The number of sulfonamides is 1. The fraction of sp³-hybridized carbons (Fsp3) is 0.188.